The topological polar surface area (TPSA) is 15.3 Å². The van der Waals surface area contributed by atoms with Crippen LogP contribution >= 0.6 is 0 Å². The fraction of sp³-hybridized carbons (Fsp3) is 0.600. The number of anilines is 1. The van der Waals surface area contributed by atoms with Crippen LogP contribution in [0.4, 0.5) is 5.69 Å². The van der Waals surface area contributed by atoms with Crippen molar-refractivity contribution >= 4 is 5.69 Å². The first kappa shape index (κ1) is 11.1. The van der Waals surface area contributed by atoms with Crippen LogP contribution in [-0.4, -0.2) is 25.2 Å². The minimum atomic E-state index is 0.604. The van der Waals surface area contributed by atoms with Crippen molar-refractivity contribution in [2.24, 2.45) is 5.92 Å². The van der Waals surface area contributed by atoms with E-state index in [4.69, 9.17) is 0 Å². The predicted octanol–water partition coefficient (Wildman–Crippen LogP) is 2.57. The van der Waals surface area contributed by atoms with Gasteiger partial charge in [-0.1, -0.05) is 12.1 Å². The van der Waals surface area contributed by atoms with E-state index in [0.29, 0.717) is 12.1 Å². The quantitative estimate of drug-likeness (QED) is 0.840. The van der Waals surface area contributed by atoms with E-state index in [1.165, 1.54) is 30.6 Å². The molecular weight excluding hydrogens is 208 g/mol. The van der Waals surface area contributed by atoms with Crippen molar-refractivity contribution in [2.45, 2.75) is 38.8 Å². The van der Waals surface area contributed by atoms with Crippen LogP contribution in [0.25, 0.3) is 0 Å². The van der Waals surface area contributed by atoms with Gasteiger partial charge in [-0.15, -0.1) is 0 Å². The van der Waals surface area contributed by atoms with Crippen LogP contribution in [0, 0.1) is 12.8 Å². The molecule has 2 atom stereocenters. The molecule has 92 valence electrons. The van der Waals surface area contributed by atoms with Gasteiger partial charge in [0, 0.05) is 30.9 Å². The van der Waals surface area contributed by atoms with Crippen LogP contribution in [0.15, 0.2) is 24.3 Å². The Morgan fingerprint density at radius 3 is 2.82 bits per heavy atom. The number of piperazine rings is 1. The molecule has 1 heterocycles. The van der Waals surface area contributed by atoms with Gasteiger partial charge in [0.1, 0.15) is 0 Å². The fourth-order valence-electron chi connectivity index (χ4n) is 2.87. The zero-order valence-corrected chi connectivity index (χ0v) is 10.8. The van der Waals surface area contributed by atoms with Gasteiger partial charge in [0.2, 0.25) is 0 Å². The number of nitrogens with one attached hydrogen (secondary N) is 1. The Kier molecular flexibility index (Phi) is 2.83. The van der Waals surface area contributed by atoms with Crippen LogP contribution in [0.1, 0.15) is 25.3 Å². The second-order valence-electron chi connectivity index (χ2n) is 5.69. The van der Waals surface area contributed by atoms with Crippen molar-refractivity contribution in [3.63, 3.8) is 0 Å². The van der Waals surface area contributed by atoms with Gasteiger partial charge >= 0.3 is 0 Å². The monoisotopic (exact) mass is 230 g/mol. The fourth-order valence-corrected chi connectivity index (χ4v) is 2.87. The summed E-state index contributed by atoms with van der Waals surface area (Å²) in [7, 11) is 0. The number of benzene rings is 1. The predicted molar refractivity (Wildman–Crippen MR) is 72.5 cm³/mol. The van der Waals surface area contributed by atoms with Gasteiger partial charge in [0.05, 0.1) is 0 Å². The SMILES string of the molecule is Cc1cccc(N2CC(C3CC3)NCC2C)c1. The molecule has 0 bridgehead atoms. The van der Waals surface area contributed by atoms with Crippen LogP contribution in [-0.2, 0) is 0 Å². The largest absolute Gasteiger partial charge is 0.366 e. The number of rotatable bonds is 2. The van der Waals surface area contributed by atoms with E-state index >= 15 is 0 Å². The second kappa shape index (κ2) is 4.34. The van der Waals surface area contributed by atoms with E-state index in [1.54, 1.807) is 0 Å². The van der Waals surface area contributed by atoms with E-state index in [-0.39, 0.29) is 0 Å². The van der Waals surface area contributed by atoms with Crippen molar-refractivity contribution < 1.29 is 0 Å². The third kappa shape index (κ3) is 2.32. The Balaban J connectivity index is 1.79. The third-order valence-corrected chi connectivity index (χ3v) is 4.13. The Labute approximate surface area is 104 Å². The average molecular weight is 230 g/mol. The molecule has 2 heteroatoms. The molecule has 1 aliphatic heterocycles. The summed E-state index contributed by atoms with van der Waals surface area (Å²) in [6, 6.07) is 10.2. The number of nitrogens with zero attached hydrogens (tertiary/aromatic N) is 1. The van der Waals surface area contributed by atoms with Gasteiger partial charge in [-0.3, -0.25) is 0 Å². The number of hydrogen-bond acceptors (Lipinski definition) is 2. The standard InChI is InChI=1S/C15H22N2/c1-11-4-3-5-14(8-11)17-10-15(13-6-7-13)16-9-12(17)2/h3-5,8,12-13,15-16H,6-7,9-10H2,1-2H3. The van der Waals surface area contributed by atoms with Gasteiger partial charge in [0.25, 0.3) is 0 Å². The maximum absolute atomic E-state index is 3.70. The summed E-state index contributed by atoms with van der Waals surface area (Å²) in [6.45, 7) is 6.79. The summed E-state index contributed by atoms with van der Waals surface area (Å²) in [5.41, 5.74) is 2.75. The van der Waals surface area contributed by atoms with Crippen molar-refractivity contribution in [1.82, 2.24) is 5.32 Å². The molecule has 0 radical (unpaired) electrons. The Bertz CT molecular complexity index is 398. The molecule has 0 spiro atoms. The molecule has 2 aliphatic rings. The summed E-state index contributed by atoms with van der Waals surface area (Å²) < 4.78 is 0. The zero-order valence-electron chi connectivity index (χ0n) is 10.8. The first-order valence-electron chi connectivity index (χ1n) is 6.81. The average Bonchev–Trinajstić information content (AvgIpc) is 3.14. The third-order valence-electron chi connectivity index (χ3n) is 4.13. The van der Waals surface area contributed by atoms with Gasteiger partial charge < -0.3 is 10.2 Å². The molecule has 1 saturated heterocycles. The number of hydrogen-bond donors (Lipinski definition) is 1. The lowest BCUT2D eigenvalue weighted by molar-refractivity contribution is 0.376. The summed E-state index contributed by atoms with van der Waals surface area (Å²) in [4.78, 5) is 2.58. The highest BCUT2D eigenvalue weighted by molar-refractivity contribution is 5.50. The zero-order chi connectivity index (χ0) is 11.8. The number of aryl methyl sites for hydroxylation is 1. The van der Waals surface area contributed by atoms with Gasteiger partial charge in [0.15, 0.2) is 0 Å². The Morgan fingerprint density at radius 2 is 2.12 bits per heavy atom. The van der Waals surface area contributed by atoms with Crippen LogP contribution < -0.4 is 10.2 Å². The maximum Gasteiger partial charge on any atom is 0.0387 e. The second-order valence-corrected chi connectivity index (χ2v) is 5.69. The normalized spacial score (nSPS) is 29.4. The van der Waals surface area contributed by atoms with Crippen molar-refractivity contribution in [3.8, 4) is 0 Å². The molecule has 0 amide bonds. The summed E-state index contributed by atoms with van der Waals surface area (Å²) in [5, 5.41) is 3.70. The molecule has 0 aromatic heterocycles. The first-order valence-corrected chi connectivity index (χ1v) is 6.81. The Hall–Kier alpha value is -1.02. The van der Waals surface area contributed by atoms with Crippen LogP contribution in [0.2, 0.25) is 0 Å². The minimum Gasteiger partial charge on any atom is -0.366 e. The van der Waals surface area contributed by atoms with Crippen molar-refractivity contribution in [3.05, 3.63) is 29.8 Å². The van der Waals surface area contributed by atoms with E-state index in [1.807, 2.05) is 0 Å². The molecular formula is C15H22N2. The van der Waals surface area contributed by atoms with Crippen molar-refractivity contribution in [2.75, 3.05) is 18.0 Å². The summed E-state index contributed by atoms with van der Waals surface area (Å²) >= 11 is 0. The molecule has 1 aliphatic carbocycles. The lowest BCUT2D eigenvalue weighted by atomic mass is 10.0. The maximum atomic E-state index is 3.70. The molecule has 2 unspecified atom stereocenters. The van der Waals surface area contributed by atoms with Crippen LogP contribution in [0.3, 0.4) is 0 Å². The minimum absolute atomic E-state index is 0.604. The van der Waals surface area contributed by atoms with E-state index < -0.39 is 0 Å². The summed E-state index contributed by atoms with van der Waals surface area (Å²) in [5.74, 6) is 0.940. The molecule has 1 saturated carbocycles. The smallest absolute Gasteiger partial charge is 0.0387 e. The lowest BCUT2D eigenvalue weighted by Gasteiger charge is -2.40. The molecule has 1 aromatic carbocycles. The first-order chi connectivity index (χ1) is 8.24. The van der Waals surface area contributed by atoms with Gasteiger partial charge in [-0.25, -0.2) is 0 Å². The van der Waals surface area contributed by atoms with Crippen LogP contribution in [0.5, 0.6) is 0 Å². The Morgan fingerprint density at radius 1 is 1.29 bits per heavy atom. The lowest BCUT2D eigenvalue weighted by Crippen LogP contribution is -2.56. The highest BCUT2D eigenvalue weighted by Gasteiger charge is 2.36. The van der Waals surface area contributed by atoms with Gasteiger partial charge in [-0.05, 0) is 50.3 Å². The van der Waals surface area contributed by atoms with E-state index in [2.05, 4.69) is 48.3 Å². The molecule has 3 rings (SSSR count). The highest BCUT2D eigenvalue weighted by atomic mass is 15.2. The van der Waals surface area contributed by atoms with Gasteiger partial charge in [-0.2, -0.15) is 0 Å². The molecule has 1 N–H and O–H groups in total. The molecule has 17 heavy (non-hydrogen) atoms. The molecule has 2 nitrogen and oxygen atoms in total. The highest BCUT2D eigenvalue weighted by Crippen LogP contribution is 2.35. The molecule has 2 fully saturated rings. The summed E-state index contributed by atoms with van der Waals surface area (Å²) in [6.07, 6.45) is 2.85. The molecule has 1 aromatic rings. The van der Waals surface area contributed by atoms with E-state index in [9.17, 15) is 0 Å². The van der Waals surface area contributed by atoms with E-state index in [0.717, 1.165) is 12.5 Å². The van der Waals surface area contributed by atoms with Crippen molar-refractivity contribution in [1.29, 1.82) is 0 Å².